The highest BCUT2D eigenvalue weighted by atomic mass is 14.3. The summed E-state index contributed by atoms with van der Waals surface area (Å²) >= 11 is 0. The minimum atomic E-state index is 0.539. The lowest BCUT2D eigenvalue weighted by Crippen LogP contribution is -2.15. The summed E-state index contributed by atoms with van der Waals surface area (Å²) in [6, 6.07) is 21.4. The van der Waals surface area contributed by atoms with E-state index < -0.39 is 0 Å². The van der Waals surface area contributed by atoms with Crippen molar-refractivity contribution in [1.82, 2.24) is 0 Å². The molecule has 0 heterocycles. The topological polar surface area (TPSA) is 0 Å². The molecule has 0 bridgehead atoms. The van der Waals surface area contributed by atoms with Crippen molar-refractivity contribution in [3.63, 3.8) is 0 Å². The SMILES string of the molecule is C[C@@H]1C(c2ccccc2)=CC=C(c2ccccc2)[C@@H]1C. The summed E-state index contributed by atoms with van der Waals surface area (Å²) in [5.74, 6) is 1.08. The maximum Gasteiger partial charge on any atom is -0.0118 e. The Hall–Kier alpha value is -2.08. The first-order valence-corrected chi connectivity index (χ1v) is 7.30. The van der Waals surface area contributed by atoms with E-state index in [-0.39, 0.29) is 0 Å². The van der Waals surface area contributed by atoms with Crippen molar-refractivity contribution in [3.8, 4) is 0 Å². The van der Waals surface area contributed by atoms with Gasteiger partial charge in [0.2, 0.25) is 0 Å². The first-order chi connectivity index (χ1) is 9.77. The van der Waals surface area contributed by atoms with Crippen LogP contribution in [0.3, 0.4) is 0 Å². The molecular formula is C20H20. The van der Waals surface area contributed by atoms with E-state index in [4.69, 9.17) is 0 Å². The largest absolute Gasteiger partial charge is 0.0622 e. The van der Waals surface area contributed by atoms with Crippen molar-refractivity contribution >= 4 is 11.1 Å². The van der Waals surface area contributed by atoms with Gasteiger partial charge in [0.05, 0.1) is 0 Å². The molecule has 0 aromatic heterocycles. The first kappa shape index (κ1) is 12.9. The second-order valence-corrected chi connectivity index (χ2v) is 5.55. The third kappa shape index (κ3) is 2.34. The summed E-state index contributed by atoms with van der Waals surface area (Å²) in [7, 11) is 0. The fraction of sp³-hybridized carbons (Fsp3) is 0.200. The minimum absolute atomic E-state index is 0.539. The number of benzene rings is 2. The lowest BCUT2D eigenvalue weighted by molar-refractivity contribution is 0.585. The Morgan fingerprint density at radius 1 is 0.550 bits per heavy atom. The number of rotatable bonds is 2. The Morgan fingerprint density at radius 2 is 0.900 bits per heavy atom. The van der Waals surface area contributed by atoms with Crippen LogP contribution >= 0.6 is 0 Å². The molecule has 0 heteroatoms. The second kappa shape index (κ2) is 5.50. The number of hydrogen-bond donors (Lipinski definition) is 0. The molecule has 2 aromatic rings. The zero-order chi connectivity index (χ0) is 13.9. The van der Waals surface area contributed by atoms with Crippen LogP contribution in [0.1, 0.15) is 25.0 Å². The van der Waals surface area contributed by atoms with Crippen molar-refractivity contribution < 1.29 is 0 Å². The molecular weight excluding hydrogens is 240 g/mol. The quantitative estimate of drug-likeness (QED) is 0.674. The minimum Gasteiger partial charge on any atom is -0.0622 e. The molecule has 0 fully saturated rings. The van der Waals surface area contributed by atoms with Gasteiger partial charge in [-0.05, 0) is 34.1 Å². The molecule has 0 radical (unpaired) electrons. The van der Waals surface area contributed by atoms with Gasteiger partial charge in [-0.25, -0.2) is 0 Å². The van der Waals surface area contributed by atoms with Gasteiger partial charge in [-0.1, -0.05) is 86.7 Å². The Bertz CT molecular complexity index is 573. The molecule has 1 aliphatic carbocycles. The van der Waals surface area contributed by atoms with Gasteiger partial charge in [0.15, 0.2) is 0 Å². The average molecular weight is 260 g/mol. The highest BCUT2D eigenvalue weighted by Gasteiger charge is 2.24. The van der Waals surface area contributed by atoms with E-state index in [0.717, 1.165) is 0 Å². The monoisotopic (exact) mass is 260 g/mol. The number of allylic oxidation sites excluding steroid dienone is 4. The molecule has 0 N–H and O–H groups in total. The fourth-order valence-electron chi connectivity index (χ4n) is 3.00. The highest BCUT2D eigenvalue weighted by Crippen LogP contribution is 2.40. The molecule has 0 amide bonds. The van der Waals surface area contributed by atoms with E-state index in [0.29, 0.717) is 11.8 Å². The zero-order valence-electron chi connectivity index (χ0n) is 12.1. The third-order valence-electron chi connectivity index (χ3n) is 4.39. The lowest BCUT2D eigenvalue weighted by atomic mass is 9.75. The van der Waals surface area contributed by atoms with Gasteiger partial charge in [0.1, 0.15) is 0 Å². The smallest absolute Gasteiger partial charge is 0.0118 e. The van der Waals surface area contributed by atoms with E-state index in [1.165, 1.54) is 22.3 Å². The molecule has 0 spiro atoms. The zero-order valence-corrected chi connectivity index (χ0v) is 12.1. The van der Waals surface area contributed by atoms with Crippen LogP contribution in [-0.2, 0) is 0 Å². The van der Waals surface area contributed by atoms with Crippen LogP contribution in [0.2, 0.25) is 0 Å². The van der Waals surface area contributed by atoms with Crippen molar-refractivity contribution in [2.45, 2.75) is 13.8 Å². The van der Waals surface area contributed by atoms with Crippen LogP contribution < -0.4 is 0 Å². The highest BCUT2D eigenvalue weighted by molar-refractivity contribution is 5.80. The van der Waals surface area contributed by atoms with Crippen LogP contribution in [0.15, 0.2) is 72.8 Å². The fourth-order valence-corrected chi connectivity index (χ4v) is 3.00. The van der Waals surface area contributed by atoms with Crippen molar-refractivity contribution in [2.75, 3.05) is 0 Å². The van der Waals surface area contributed by atoms with Gasteiger partial charge in [-0.2, -0.15) is 0 Å². The maximum atomic E-state index is 2.33. The summed E-state index contributed by atoms with van der Waals surface area (Å²) in [5.41, 5.74) is 5.57. The molecule has 100 valence electrons. The molecule has 2 atom stereocenters. The predicted octanol–water partition coefficient (Wildman–Crippen LogP) is 5.44. The van der Waals surface area contributed by atoms with Crippen LogP contribution in [-0.4, -0.2) is 0 Å². The van der Waals surface area contributed by atoms with Gasteiger partial charge in [-0.3, -0.25) is 0 Å². The van der Waals surface area contributed by atoms with Crippen LogP contribution in [0, 0.1) is 11.8 Å². The van der Waals surface area contributed by atoms with E-state index in [9.17, 15) is 0 Å². The number of hydrogen-bond acceptors (Lipinski definition) is 0. The molecule has 0 saturated carbocycles. The van der Waals surface area contributed by atoms with Gasteiger partial charge in [0, 0.05) is 0 Å². The average Bonchev–Trinajstić information content (AvgIpc) is 2.52. The van der Waals surface area contributed by atoms with Crippen molar-refractivity contribution in [3.05, 3.63) is 83.9 Å². The van der Waals surface area contributed by atoms with Crippen molar-refractivity contribution in [1.29, 1.82) is 0 Å². The van der Waals surface area contributed by atoms with Crippen LogP contribution in [0.25, 0.3) is 11.1 Å². The predicted molar refractivity (Wildman–Crippen MR) is 87.2 cm³/mol. The van der Waals surface area contributed by atoms with E-state index in [1.807, 2.05) is 0 Å². The molecule has 20 heavy (non-hydrogen) atoms. The molecule has 0 saturated heterocycles. The second-order valence-electron chi connectivity index (χ2n) is 5.55. The Morgan fingerprint density at radius 3 is 1.25 bits per heavy atom. The normalized spacial score (nSPS) is 22.1. The lowest BCUT2D eigenvalue weighted by Gasteiger charge is -2.29. The third-order valence-corrected chi connectivity index (χ3v) is 4.39. The van der Waals surface area contributed by atoms with Crippen molar-refractivity contribution in [2.24, 2.45) is 11.8 Å². The summed E-state index contributed by atoms with van der Waals surface area (Å²) in [5, 5.41) is 0. The molecule has 0 unspecified atom stereocenters. The van der Waals surface area contributed by atoms with Gasteiger partial charge >= 0.3 is 0 Å². The van der Waals surface area contributed by atoms with Crippen LogP contribution in [0.5, 0.6) is 0 Å². The molecule has 3 rings (SSSR count). The summed E-state index contributed by atoms with van der Waals surface area (Å²) in [6.45, 7) is 4.67. The molecule has 0 aliphatic heterocycles. The summed E-state index contributed by atoms with van der Waals surface area (Å²) in [6.07, 6.45) is 4.59. The van der Waals surface area contributed by atoms with Gasteiger partial charge in [-0.15, -0.1) is 0 Å². The molecule has 0 nitrogen and oxygen atoms in total. The van der Waals surface area contributed by atoms with Gasteiger partial charge < -0.3 is 0 Å². The molecule has 1 aliphatic rings. The first-order valence-electron chi connectivity index (χ1n) is 7.30. The molecule has 2 aromatic carbocycles. The standard InChI is InChI=1S/C20H20/c1-15-16(2)20(18-11-7-4-8-12-18)14-13-19(15)17-9-5-3-6-10-17/h3-16H,1-2H3/t15-,16+. The van der Waals surface area contributed by atoms with E-state index in [2.05, 4.69) is 86.7 Å². The Kier molecular flexibility index (Phi) is 3.56. The Balaban J connectivity index is 2.01. The maximum absolute atomic E-state index is 2.33. The van der Waals surface area contributed by atoms with E-state index in [1.54, 1.807) is 0 Å². The van der Waals surface area contributed by atoms with Gasteiger partial charge in [0.25, 0.3) is 0 Å². The Labute approximate surface area is 121 Å². The summed E-state index contributed by atoms with van der Waals surface area (Å²) in [4.78, 5) is 0. The summed E-state index contributed by atoms with van der Waals surface area (Å²) < 4.78 is 0. The van der Waals surface area contributed by atoms with Crippen LogP contribution in [0.4, 0.5) is 0 Å². The van der Waals surface area contributed by atoms with E-state index >= 15 is 0 Å².